The minimum absolute atomic E-state index is 0.122. The second-order valence-electron chi connectivity index (χ2n) is 7.25. The van der Waals surface area contributed by atoms with E-state index in [2.05, 4.69) is 13.0 Å². The normalized spacial score (nSPS) is 13.6. The van der Waals surface area contributed by atoms with Gasteiger partial charge in [-0.05, 0) is 67.0 Å². The van der Waals surface area contributed by atoms with E-state index in [9.17, 15) is 9.18 Å². The highest BCUT2D eigenvalue weighted by atomic mass is 32.2. The van der Waals surface area contributed by atoms with Crippen LogP contribution in [0.5, 0.6) is 17.2 Å². The van der Waals surface area contributed by atoms with E-state index in [1.54, 1.807) is 41.7 Å². The molecular weight excluding hydrogens is 401 g/mol. The molecule has 0 saturated heterocycles. The van der Waals surface area contributed by atoms with Crippen molar-refractivity contribution in [2.24, 2.45) is 7.05 Å². The van der Waals surface area contributed by atoms with Crippen LogP contribution in [0.25, 0.3) is 11.1 Å². The molecule has 0 N–H and O–H groups in total. The highest BCUT2D eigenvalue weighted by Gasteiger charge is 2.18. The summed E-state index contributed by atoms with van der Waals surface area (Å²) in [5.41, 5.74) is 2.36. The van der Waals surface area contributed by atoms with Crippen molar-refractivity contribution in [1.82, 2.24) is 4.57 Å². The fourth-order valence-corrected chi connectivity index (χ4v) is 4.26. The summed E-state index contributed by atoms with van der Waals surface area (Å²) in [6.07, 6.45) is 4.11. The third kappa shape index (κ3) is 4.38. The number of aromatic nitrogens is 1. The molecule has 4 rings (SSSR count). The maximum atomic E-state index is 13.9. The van der Waals surface area contributed by atoms with Crippen molar-refractivity contribution >= 4 is 11.8 Å². The monoisotopic (exact) mass is 425 g/mol. The quantitative estimate of drug-likeness (QED) is 0.486. The molecule has 0 unspecified atom stereocenters. The molecule has 2 aromatic carbocycles. The molecule has 0 fully saturated rings. The molecule has 0 bridgehead atoms. The number of hydrogen-bond acceptors (Lipinski definition) is 4. The van der Waals surface area contributed by atoms with E-state index in [4.69, 9.17) is 9.47 Å². The molecule has 0 radical (unpaired) electrons. The van der Waals surface area contributed by atoms with Crippen LogP contribution >= 0.6 is 11.8 Å². The molecule has 30 heavy (non-hydrogen) atoms. The van der Waals surface area contributed by atoms with Crippen LogP contribution in [0.15, 0.2) is 58.4 Å². The Morgan fingerprint density at radius 3 is 2.70 bits per heavy atom. The predicted molar refractivity (Wildman–Crippen MR) is 118 cm³/mol. The maximum Gasteiger partial charge on any atom is 0.254 e. The summed E-state index contributed by atoms with van der Waals surface area (Å²) in [6.45, 7) is 2.59. The molecule has 0 aliphatic carbocycles. The third-order valence-corrected chi connectivity index (χ3v) is 5.96. The minimum Gasteiger partial charge on any atom is -0.493 e. The van der Waals surface area contributed by atoms with Gasteiger partial charge in [-0.2, -0.15) is 0 Å². The lowest BCUT2D eigenvalue weighted by molar-refractivity contribution is 0.306. The van der Waals surface area contributed by atoms with Crippen molar-refractivity contribution in [2.45, 2.75) is 31.1 Å². The lowest BCUT2D eigenvalue weighted by Crippen LogP contribution is -2.16. The number of fused-ring (bicyclic) bond motifs is 4. The Labute approximate surface area is 179 Å². The van der Waals surface area contributed by atoms with Gasteiger partial charge in [0.1, 0.15) is 23.1 Å². The molecule has 4 nitrogen and oxygen atoms in total. The molecule has 0 atom stereocenters. The molecule has 1 aliphatic heterocycles. The highest BCUT2D eigenvalue weighted by Crippen LogP contribution is 2.41. The van der Waals surface area contributed by atoms with Crippen molar-refractivity contribution < 1.29 is 13.9 Å². The zero-order valence-electron chi connectivity index (χ0n) is 17.1. The number of thioether (sulfide) groups is 1. The summed E-state index contributed by atoms with van der Waals surface area (Å²) in [5.74, 6) is 2.53. The summed E-state index contributed by atoms with van der Waals surface area (Å²) in [5, 5.41) is 0. The summed E-state index contributed by atoms with van der Waals surface area (Å²) in [6, 6.07) is 12.2. The van der Waals surface area contributed by atoms with Gasteiger partial charge in [0.05, 0.1) is 6.61 Å². The summed E-state index contributed by atoms with van der Waals surface area (Å²) >= 11 is 1.73. The Morgan fingerprint density at radius 2 is 1.87 bits per heavy atom. The number of hydrogen-bond donors (Lipinski definition) is 0. The average Bonchev–Trinajstić information content (AvgIpc) is 2.72. The molecule has 0 saturated carbocycles. The maximum absolute atomic E-state index is 13.9. The second-order valence-corrected chi connectivity index (χ2v) is 8.59. The second kappa shape index (κ2) is 8.96. The molecule has 2 heterocycles. The molecule has 1 aromatic heterocycles. The average molecular weight is 426 g/mol. The van der Waals surface area contributed by atoms with E-state index >= 15 is 0 Å². The van der Waals surface area contributed by atoms with Crippen LogP contribution in [0.4, 0.5) is 4.39 Å². The van der Waals surface area contributed by atoms with E-state index in [0.717, 1.165) is 40.2 Å². The van der Waals surface area contributed by atoms with Crippen LogP contribution in [0.3, 0.4) is 0 Å². The molecule has 156 valence electrons. The third-order valence-electron chi connectivity index (χ3n) is 5.08. The zero-order valence-corrected chi connectivity index (χ0v) is 17.9. The number of rotatable bonds is 2. The minimum atomic E-state index is -0.268. The topological polar surface area (TPSA) is 40.5 Å². The van der Waals surface area contributed by atoms with Crippen LogP contribution in [0.2, 0.25) is 0 Å². The van der Waals surface area contributed by atoms with E-state index in [0.29, 0.717) is 30.3 Å². The van der Waals surface area contributed by atoms with Gasteiger partial charge in [0, 0.05) is 35.3 Å². The Balaban J connectivity index is 1.92. The van der Waals surface area contributed by atoms with Crippen molar-refractivity contribution in [2.75, 3.05) is 12.4 Å². The lowest BCUT2D eigenvalue weighted by Gasteiger charge is -2.19. The lowest BCUT2D eigenvalue weighted by atomic mass is 10.0. The first kappa shape index (κ1) is 20.5. The number of pyridine rings is 1. The number of halogens is 1. The summed E-state index contributed by atoms with van der Waals surface area (Å²) in [4.78, 5) is 13.4. The van der Waals surface area contributed by atoms with E-state index < -0.39 is 0 Å². The summed E-state index contributed by atoms with van der Waals surface area (Å²) in [7, 11) is 1.72. The van der Waals surface area contributed by atoms with Gasteiger partial charge >= 0.3 is 0 Å². The largest absolute Gasteiger partial charge is 0.493 e. The predicted octanol–water partition coefficient (Wildman–Crippen LogP) is 5.81. The van der Waals surface area contributed by atoms with Gasteiger partial charge in [-0.1, -0.05) is 6.92 Å². The van der Waals surface area contributed by atoms with Gasteiger partial charge in [-0.15, -0.1) is 11.8 Å². The van der Waals surface area contributed by atoms with Gasteiger partial charge in [0.15, 0.2) is 0 Å². The van der Waals surface area contributed by atoms with Crippen LogP contribution < -0.4 is 15.0 Å². The van der Waals surface area contributed by atoms with Crippen molar-refractivity contribution in [3.8, 4) is 28.4 Å². The first-order valence-electron chi connectivity index (χ1n) is 10.1. The number of ether oxygens (including phenoxy) is 2. The number of aryl methyl sites for hydroxylation is 2. The van der Waals surface area contributed by atoms with Gasteiger partial charge in [-0.3, -0.25) is 4.79 Å². The van der Waals surface area contributed by atoms with Crippen molar-refractivity contribution in [1.29, 1.82) is 0 Å². The fourth-order valence-electron chi connectivity index (χ4n) is 3.56. The molecule has 1 aliphatic rings. The Morgan fingerprint density at radius 1 is 1.03 bits per heavy atom. The van der Waals surface area contributed by atoms with E-state index in [1.807, 2.05) is 12.1 Å². The first-order chi connectivity index (χ1) is 14.5. The van der Waals surface area contributed by atoms with Gasteiger partial charge in [0.2, 0.25) is 0 Å². The highest BCUT2D eigenvalue weighted by molar-refractivity contribution is 7.99. The molecule has 0 amide bonds. The van der Waals surface area contributed by atoms with Crippen LogP contribution in [-0.2, 0) is 13.5 Å². The van der Waals surface area contributed by atoms with Crippen LogP contribution in [0.1, 0.15) is 25.3 Å². The van der Waals surface area contributed by atoms with Crippen LogP contribution in [0, 0.1) is 5.82 Å². The van der Waals surface area contributed by atoms with Crippen molar-refractivity contribution in [3.05, 3.63) is 70.4 Å². The Bertz CT molecular complexity index is 1130. The standard InChI is InChI=1S/C24H24FNO3S/c1-3-30-18-8-10-22-19(13-18)20-15-26(2)24(27)14-23(20)28-11-5-4-6-16-12-17(25)7-9-21(16)29-22/h7-10,12-15H,3-6,11H2,1-2H3. The Kier molecular flexibility index (Phi) is 6.13. The van der Waals surface area contributed by atoms with Crippen molar-refractivity contribution in [3.63, 3.8) is 0 Å². The fraction of sp³-hybridized carbons (Fsp3) is 0.292. The molecular formula is C24H24FNO3S. The van der Waals surface area contributed by atoms with Gasteiger partial charge in [0.25, 0.3) is 5.56 Å². The number of benzene rings is 2. The first-order valence-corrected chi connectivity index (χ1v) is 11.1. The van der Waals surface area contributed by atoms with Crippen LogP contribution in [-0.4, -0.2) is 16.9 Å². The smallest absolute Gasteiger partial charge is 0.254 e. The Hall–Kier alpha value is -2.73. The zero-order chi connectivity index (χ0) is 21.1. The number of nitrogens with zero attached hydrogens (tertiary/aromatic N) is 1. The molecule has 3 aromatic rings. The van der Waals surface area contributed by atoms with Gasteiger partial charge < -0.3 is 14.0 Å². The van der Waals surface area contributed by atoms with E-state index in [1.165, 1.54) is 12.1 Å². The SMILES string of the molecule is CCSc1ccc2c(c1)-c1cn(C)c(=O)cc1OCCCCc1cc(F)ccc1O2. The van der Waals surface area contributed by atoms with Gasteiger partial charge in [-0.25, -0.2) is 4.39 Å². The molecule has 0 spiro atoms. The summed E-state index contributed by atoms with van der Waals surface area (Å²) < 4.78 is 27.7. The molecule has 6 heteroatoms. The van der Waals surface area contributed by atoms with E-state index in [-0.39, 0.29) is 11.4 Å².